The predicted molar refractivity (Wildman–Crippen MR) is 97.8 cm³/mol. The number of fused-ring (bicyclic) bond motifs is 2. The third kappa shape index (κ3) is 2.51. The number of aromatic nitrogens is 2. The highest BCUT2D eigenvalue weighted by Crippen LogP contribution is 2.23. The van der Waals surface area contributed by atoms with Crippen molar-refractivity contribution in [1.29, 1.82) is 0 Å². The molecule has 2 aromatic carbocycles. The molecule has 0 spiro atoms. The van der Waals surface area contributed by atoms with Gasteiger partial charge in [0.1, 0.15) is 5.56 Å². The van der Waals surface area contributed by atoms with Crippen molar-refractivity contribution in [3.63, 3.8) is 0 Å². The number of nitrogens with one attached hydrogen (secondary N) is 3. The molecule has 0 aliphatic heterocycles. The fraction of sp³-hybridized carbons (Fsp3) is 0. The second-order valence-corrected chi connectivity index (χ2v) is 5.80. The van der Waals surface area contributed by atoms with Crippen molar-refractivity contribution in [2.45, 2.75) is 0 Å². The number of amides is 1. The molecule has 0 aliphatic carbocycles. The Labute approximate surface area is 146 Å². The molecule has 128 valence electrons. The quantitative estimate of drug-likeness (QED) is 0.456. The molecule has 0 fully saturated rings. The van der Waals surface area contributed by atoms with Crippen LogP contribution in [0, 0.1) is 0 Å². The summed E-state index contributed by atoms with van der Waals surface area (Å²) in [5.74, 6) is -1.71. The molecule has 0 aliphatic rings. The van der Waals surface area contributed by atoms with E-state index in [2.05, 4.69) is 15.3 Å². The van der Waals surface area contributed by atoms with Crippen LogP contribution in [0.15, 0.2) is 59.7 Å². The monoisotopic (exact) mass is 347 g/mol. The van der Waals surface area contributed by atoms with E-state index in [1.807, 2.05) is 0 Å². The Kier molecular flexibility index (Phi) is 3.54. The van der Waals surface area contributed by atoms with E-state index in [-0.39, 0.29) is 16.8 Å². The lowest BCUT2D eigenvalue weighted by Gasteiger charge is -2.08. The van der Waals surface area contributed by atoms with Gasteiger partial charge in [-0.1, -0.05) is 12.1 Å². The molecule has 0 radical (unpaired) electrons. The van der Waals surface area contributed by atoms with E-state index in [0.717, 1.165) is 0 Å². The first-order valence-electron chi connectivity index (χ1n) is 7.81. The molecule has 0 atom stereocenters. The molecule has 4 aromatic rings. The first-order chi connectivity index (χ1) is 12.5. The van der Waals surface area contributed by atoms with Crippen LogP contribution >= 0.6 is 0 Å². The molecule has 4 N–H and O–H groups in total. The molecule has 2 heterocycles. The van der Waals surface area contributed by atoms with Crippen LogP contribution in [0.4, 0.5) is 5.69 Å². The lowest BCUT2D eigenvalue weighted by Crippen LogP contribution is -2.22. The van der Waals surface area contributed by atoms with Gasteiger partial charge < -0.3 is 20.4 Å². The molecular weight excluding hydrogens is 334 g/mol. The Morgan fingerprint density at radius 3 is 2.54 bits per heavy atom. The van der Waals surface area contributed by atoms with Gasteiger partial charge in [-0.15, -0.1) is 0 Å². The number of rotatable bonds is 3. The summed E-state index contributed by atoms with van der Waals surface area (Å²) in [7, 11) is 0. The first kappa shape index (κ1) is 15.6. The van der Waals surface area contributed by atoms with Crippen LogP contribution in [0.5, 0.6) is 0 Å². The van der Waals surface area contributed by atoms with Gasteiger partial charge in [0, 0.05) is 39.9 Å². The van der Waals surface area contributed by atoms with Crippen LogP contribution in [0.3, 0.4) is 0 Å². The number of carboxylic acid groups (broad SMARTS) is 1. The number of H-pyrrole nitrogens is 2. The van der Waals surface area contributed by atoms with E-state index in [4.69, 9.17) is 0 Å². The van der Waals surface area contributed by atoms with Crippen molar-refractivity contribution in [3.8, 4) is 0 Å². The number of carbonyl (C=O) groups excluding carboxylic acids is 1. The van der Waals surface area contributed by atoms with Gasteiger partial charge in [0.05, 0.1) is 5.56 Å². The fourth-order valence-electron chi connectivity index (χ4n) is 2.95. The second kappa shape index (κ2) is 5.89. The maximum Gasteiger partial charge on any atom is 0.336 e. The normalized spacial score (nSPS) is 10.9. The Balaban J connectivity index is 1.75. The summed E-state index contributed by atoms with van der Waals surface area (Å²) in [4.78, 5) is 42.4. The highest BCUT2D eigenvalue weighted by molar-refractivity contribution is 6.09. The number of para-hydroxylation sites is 1. The zero-order valence-corrected chi connectivity index (χ0v) is 13.4. The van der Waals surface area contributed by atoms with Gasteiger partial charge in [-0.25, -0.2) is 4.79 Å². The van der Waals surface area contributed by atoms with Crippen LogP contribution < -0.4 is 10.7 Å². The molecular formula is C19H13N3O4. The second-order valence-electron chi connectivity index (χ2n) is 5.80. The van der Waals surface area contributed by atoms with E-state index in [1.165, 1.54) is 12.3 Å². The number of benzene rings is 2. The largest absolute Gasteiger partial charge is 0.478 e. The number of aromatic amines is 2. The Bertz CT molecular complexity index is 1240. The molecule has 0 saturated carbocycles. The highest BCUT2D eigenvalue weighted by atomic mass is 16.4. The molecule has 1 amide bonds. The predicted octanol–water partition coefficient (Wildman–Crippen LogP) is 2.96. The van der Waals surface area contributed by atoms with Gasteiger partial charge in [-0.2, -0.15) is 0 Å². The van der Waals surface area contributed by atoms with Crippen molar-refractivity contribution in [2.24, 2.45) is 0 Å². The minimum absolute atomic E-state index is 0.0489. The van der Waals surface area contributed by atoms with Crippen LogP contribution in [0.25, 0.3) is 21.8 Å². The molecule has 0 bridgehead atoms. The average molecular weight is 347 g/mol. The molecule has 0 unspecified atom stereocenters. The lowest BCUT2D eigenvalue weighted by molar-refractivity contribution is 0.0698. The Hall–Kier alpha value is -3.87. The molecule has 7 heteroatoms. The van der Waals surface area contributed by atoms with Crippen LogP contribution in [0.2, 0.25) is 0 Å². The number of anilines is 1. The lowest BCUT2D eigenvalue weighted by atomic mass is 10.1. The summed E-state index contributed by atoms with van der Waals surface area (Å²) >= 11 is 0. The summed E-state index contributed by atoms with van der Waals surface area (Å²) in [6.45, 7) is 0. The van der Waals surface area contributed by atoms with Gasteiger partial charge >= 0.3 is 5.97 Å². The number of carboxylic acids is 1. The van der Waals surface area contributed by atoms with E-state index in [9.17, 15) is 19.5 Å². The zero-order chi connectivity index (χ0) is 18.3. The van der Waals surface area contributed by atoms with Gasteiger partial charge in [-0.3, -0.25) is 9.59 Å². The molecule has 2 aromatic heterocycles. The van der Waals surface area contributed by atoms with E-state index >= 15 is 0 Å². The summed E-state index contributed by atoms with van der Waals surface area (Å²) < 4.78 is 0. The smallest absolute Gasteiger partial charge is 0.336 e. The number of hydrogen-bond donors (Lipinski definition) is 4. The van der Waals surface area contributed by atoms with Crippen molar-refractivity contribution >= 4 is 39.4 Å². The summed E-state index contributed by atoms with van der Waals surface area (Å²) in [6, 6.07) is 11.5. The van der Waals surface area contributed by atoms with Crippen LogP contribution in [-0.4, -0.2) is 27.0 Å². The first-order valence-corrected chi connectivity index (χ1v) is 7.81. The number of hydrogen-bond acceptors (Lipinski definition) is 3. The fourth-order valence-corrected chi connectivity index (χ4v) is 2.95. The highest BCUT2D eigenvalue weighted by Gasteiger charge is 2.16. The third-order valence-electron chi connectivity index (χ3n) is 4.19. The maximum atomic E-state index is 12.5. The third-order valence-corrected chi connectivity index (χ3v) is 4.19. The Morgan fingerprint density at radius 1 is 0.923 bits per heavy atom. The molecule has 26 heavy (non-hydrogen) atoms. The molecule has 7 nitrogen and oxygen atoms in total. The average Bonchev–Trinajstić information content (AvgIpc) is 3.09. The number of carbonyl (C=O) groups is 2. The SMILES string of the molecule is O=C(Nc1cc(C(=O)O)c2cc[nH]c2c1)c1c[nH]c2ccccc2c1=O. The molecule has 4 rings (SSSR count). The van der Waals surface area contributed by atoms with Gasteiger partial charge in [0.25, 0.3) is 5.91 Å². The summed E-state index contributed by atoms with van der Waals surface area (Å²) in [6.07, 6.45) is 2.97. The van der Waals surface area contributed by atoms with E-state index < -0.39 is 17.3 Å². The van der Waals surface area contributed by atoms with Gasteiger partial charge in [0.15, 0.2) is 0 Å². The Morgan fingerprint density at radius 2 is 1.73 bits per heavy atom. The maximum absolute atomic E-state index is 12.5. The summed E-state index contributed by atoms with van der Waals surface area (Å²) in [5, 5.41) is 12.9. The van der Waals surface area contributed by atoms with Gasteiger partial charge in [-0.05, 0) is 30.3 Å². The topological polar surface area (TPSA) is 115 Å². The van der Waals surface area contributed by atoms with E-state index in [1.54, 1.807) is 42.6 Å². The van der Waals surface area contributed by atoms with Crippen LogP contribution in [0.1, 0.15) is 20.7 Å². The van der Waals surface area contributed by atoms with E-state index in [0.29, 0.717) is 21.8 Å². The zero-order valence-electron chi connectivity index (χ0n) is 13.4. The van der Waals surface area contributed by atoms with Crippen molar-refractivity contribution in [1.82, 2.24) is 9.97 Å². The summed E-state index contributed by atoms with van der Waals surface area (Å²) in [5.41, 5.74) is 1.12. The molecule has 0 saturated heterocycles. The van der Waals surface area contributed by atoms with Crippen molar-refractivity contribution in [2.75, 3.05) is 5.32 Å². The van der Waals surface area contributed by atoms with Crippen molar-refractivity contribution in [3.05, 3.63) is 76.2 Å². The minimum atomic E-state index is -1.10. The van der Waals surface area contributed by atoms with Gasteiger partial charge in [0.2, 0.25) is 5.43 Å². The number of pyridine rings is 1. The van der Waals surface area contributed by atoms with Crippen LogP contribution in [-0.2, 0) is 0 Å². The standard InChI is InChI=1S/C19H13N3O4/c23-17-12-3-1-2-4-15(12)21-9-14(17)18(24)22-10-7-13(19(25)26)11-5-6-20-16(11)8-10/h1-9,20H,(H,21,23)(H,22,24)(H,25,26). The van der Waals surface area contributed by atoms with Crippen molar-refractivity contribution < 1.29 is 14.7 Å². The number of aromatic carboxylic acids is 1. The minimum Gasteiger partial charge on any atom is -0.478 e.